The van der Waals surface area contributed by atoms with E-state index in [1.807, 2.05) is 11.9 Å². The van der Waals surface area contributed by atoms with Crippen molar-refractivity contribution in [1.82, 2.24) is 13.5 Å². The van der Waals surface area contributed by atoms with Gasteiger partial charge in [0, 0.05) is 52.7 Å². The minimum Gasteiger partial charge on any atom is -0.327 e. The molecule has 7 aromatic carbocycles. The Morgan fingerprint density at radius 2 is 1.03 bits per heavy atom. The van der Waals surface area contributed by atoms with Crippen LogP contribution in [0.3, 0.4) is 0 Å². The van der Waals surface area contributed by atoms with Crippen LogP contribution in [-0.2, 0) is 13.0 Å². The number of fused-ring (bicyclic) bond motifs is 2. The van der Waals surface area contributed by atoms with Gasteiger partial charge in [-0.1, -0.05) is 131 Å². The fourth-order valence-corrected chi connectivity index (χ4v) is 10.1. The molecule has 9 rings (SSSR count). The Morgan fingerprint density at radius 3 is 1.45 bits per heavy atom. The number of unbranched alkanes of at least 4 members (excludes halogenated alkanes) is 1. The van der Waals surface area contributed by atoms with Crippen molar-refractivity contribution in [2.24, 2.45) is 5.92 Å². The van der Waals surface area contributed by atoms with Crippen molar-refractivity contribution in [1.29, 1.82) is 0 Å². The van der Waals surface area contributed by atoms with Crippen molar-refractivity contribution in [2.75, 3.05) is 22.6 Å². The summed E-state index contributed by atoms with van der Waals surface area (Å²) >= 11 is 1.90. The second-order valence-corrected chi connectivity index (χ2v) is 17.7. The summed E-state index contributed by atoms with van der Waals surface area (Å²) in [4.78, 5) is 10.4. The molecule has 8 aromatic rings. The molecule has 310 valence electrons. The summed E-state index contributed by atoms with van der Waals surface area (Å²) in [5, 5.41) is 2.62. The highest BCUT2D eigenvalue weighted by Crippen LogP contribution is 2.40. The van der Waals surface area contributed by atoms with Crippen LogP contribution in [0.4, 0.5) is 34.1 Å². The van der Waals surface area contributed by atoms with Gasteiger partial charge in [-0.3, -0.25) is 0 Å². The molecule has 0 saturated carbocycles. The van der Waals surface area contributed by atoms with Gasteiger partial charge in [0.05, 0.1) is 22.1 Å². The molecule has 5 nitrogen and oxygen atoms in total. The molecule has 0 radical (unpaired) electrons. The van der Waals surface area contributed by atoms with Crippen LogP contribution in [0.15, 0.2) is 170 Å². The standard InChI is InChI=1S/C56H56N5S/c1-6-8-29-50-57-54-53(43-32-36-49(37-33-43)61(46-25-17-11-18-26-46)47-27-19-12-20-28-47)55-51(41(7-2)39-62-58(55)5)52(56(54)59(50)38-40(3)4)42-30-34-48(35-31-42)60(44-21-13-9-14-22-44)45-23-15-10-16-24-45/h9-28,30-37,40H,6-8,29,38-39H2,1-5H3/q+1. The van der Waals surface area contributed by atoms with Crippen molar-refractivity contribution in [3.05, 3.63) is 186 Å². The number of para-hydroxylation sites is 4. The first kappa shape index (κ1) is 41.0. The van der Waals surface area contributed by atoms with Crippen LogP contribution in [0.25, 0.3) is 38.9 Å². The first-order chi connectivity index (χ1) is 30.4. The average molecular weight is 831 g/mol. The lowest BCUT2D eigenvalue weighted by Crippen LogP contribution is -2.43. The van der Waals surface area contributed by atoms with Gasteiger partial charge in [0.15, 0.2) is 11.9 Å². The summed E-state index contributed by atoms with van der Waals surface area (Å²) in [6.45, 7) is 10.2. The Balaban J connectivity index is 1.30. The molecular weight excluding hydrogens is 775 g/mol. The number of aryl methyl sites for hydroxylation is 1. The summed E-state index contributed by atoms with van der Waals surface area (Å²) < 4.78 is 5.02. The van der Waals surface area contributed by atoms with Gasteiger partial charge in [-0.15, -0.1) is 0 Å². The molecule has 0 atom stereocenters. The zero-order valence-corrected chi connectivity index (χ0v) is 37.4. The Labute approximate surface area is 371 Å². The third kappa shape index (κ3) is 7.96. The zero-order chi connectivity index (χ0) is 42.6. The van der Waals surface area contributed by atoms with Crippen LogP contribution in [0.2, 0.25) is 0 Å². The minimum absolute atomic E-state index is 0.446. The lowest BCUT2D eigenvalue weighted by molar-refractivity contribution is 0.513. The predicted octanol–water partition coefficient (Wildman–Crippen LogP) is 13.7. The maximum atomic E-state index is 5.74. The number of aromatic nitrogens is 2. The van der Waals surface area contributed by atoms with Crippen LogP contribution in [0.1, 0.15) is 52.8 Å². The molecule has 1 aromatic heterocycles. The van der Waals surface area contributed by atoms with E-state index in [9.17, 15) is 0 Å². The van der Waals surface area contributed by atoms with E-state index >= 15 is 0 Å². The summed E-state index contributed by atoms with van der Waals surface area (Å²) in [6, 6.07) is 61.2. The van der Waals surface area contributed by atoms with E-state index in [1.54, 1.807) is 0 Å². The van der Waals surface area contributed by atoms with Crippen molar-refractivity contribution in [3.63, 3.8) is 0 Å². The van der Waals surface area contributed by atoms with E-state index < -0.39 is 0 Å². The fraction of sp³-hybridized carbons (Fsp3) is 0.214. The van der Waals surface area contributed by atoms with Gasteiger partial charge in [0.2, 0.25) is 5.36 Å². The fourth-order valence-electron chi connectivity index (χ4n) is 9.05. The smallest absolute Gasteiger partial charge is 0.231 e. The first-order valence-electron chi connectivity index (χ1n) is 22.3. The number of benzene rings is 7. The number of nitrogens with zero attached hydrogens (tertiary/aromatic N) is 5. The van der Waals surface area contributed by atoms with E-state index in [2.05, 4.69) is 223 Å². The molecule has 62 heavy (non-hydrogen) atoms. The van der Waals surface area contributed by atoms with E-state index in [0.717, 1.165) is 77.6 Å². The topological polar surface area (TPSA) is 27.3 Å². The molecule has 0 bridgehead atoms. The number of hydrogen-bond donors (Lipinski definition) is 0. The highest BCUT2D eigenvalue weighted by Gasteiger charge is 2.30. The van der Waals surface area contributed by atoms with Crippen LogP contribution in [-0.4, -0.2) is 22.4 Å². The SMILES string of the molecule is CCCCc1nc2c(-c3ccc(N(c4ccccc4)c4ccccc4)cc3)c3c(c(-c4ccc(N(c5ccccc5)c5ccccc5)cc4)c2n1CC(C)C)=C(CC)CS[N+]=3C. The Bertz CT molecular complexity index is 2830. The second kappa shape index (κ2) is 18.3. The summed E-state index contributed by atoms with van der Waals surface area (Å²) in [7, 11) is 2.25. The van der Waals surface area contributed by atoms with Crippen LogP contribution in [0, 0.1) is 5.92 Å². The third-order valence-electron chi connectivity index (χ3n) is 12.0. The number of imidazole rings is 1. The number of rotatable bonds is 14. The summed E-state index contributed by atoms with van der Waals surface area (Å²) in [5.74, 6) is 2.58. The number of anilines is 6. The molecule has 0 saturated heterocycles. The predicted molar refractivity (Wildman–Crippen MR) is 266 cm³/mol. The molecule has 1 aliphatic heterocycles. The largest absolute Gasteiger partial charge is 0.327 e. The van der Waals surface area contributed by atoms with Gasteiger partial charge in [-0.2, -0.15) is 3.98 Å². The van der Waals surface area contributed by atoms with Crippen LogP contribution >= 0.6 is 11.9 Å². The highest BCUT2D eigenvalue weighted by molar-refractivity contribution is 7.98. The van der Waals surface area contributed by atoms with Crippen molar-refractivity contribution >= 4 is 62.7 Å². The van der Waals surface area contributed by atoms with Crippen molar-refractivity contribution in [3.8, 4) is 22.3 Å². The van der Waals surface area contributed by atoms with Crippen molar-refractivity contribution < 1.29 is 0 Å². The molecule has 6 heteroatoms. The van der Waals surface area contributed by atoms with Gasteiger partial charge in [-0.25, -0.2) is 4.98 Å². The lowest BCUT2D eigenvalue weighted by Gasteiger charge is -2.26. The zero-order valence-electron chi connectivity index (χ0n) is 36.6. The Kier molecular flexibility index (Phi) is 12.1. The van der Waals surface area contributed by atoms with Crippen molar-refractivity contribution in [2.45, 2.75) is 59.9 Å². The normalized spacial score (nSPS) is 12.5. The molecule has 2 heterocycles. The minimum atomic E-state index is 0.446. The van der Waals surface area contributed by atoms with E-state index in [-0.39, 0.29) is 0 Å². The summed E-state index contributed by atoms with van der Waals surface area (Å²) in [5.41, 5.74) is 15.5. The first-order valence-corrected chi connectivity index (χ1v) is 23.2. The maximum Gasteiger partial charge on any atom is 0.231 e. The maximum absolute atomic E-state index is 5.74. The molecule has 0 spiro atoms. The Morgan fingerprint density at radius 1 is 0.597 bits per heavy atom. The van der Waals surface area contributed by atoms with Gasteiger partial charge < -0.3 is 14.4 Å². The van der Waals surface area contributed by atoms with Gasteiger partial charge >= 0.3 is 0 Å². The summed E-state index contributed by atoms with van der Waals surface area (Å²) in [6.07, 6.45) is 4.14. The molecule has 1 aliphatic rings. The second-order valence-electron chi connectivity index (χ2n) is 16.6. The van der Waals surface area contributed by atoms with Crippen LogP contribution < -0.4 is 24.4 Å². The molecule has 0 N–H and O–H groups in total. The molecule has 0 unspecified atom stereocenters. The molecule has 0 amide bonds. The van der Waals surface area contributed by atoms with Crippen LogP contribution in [0.5, 0.6) is 0 Å². The Hall–Kier alpha value is -6.37. The number of hydrogen-bond acceptors (Lipinski definition) is 4. The van der Waals surface area contributed by atoms with E-state index in [0.29, 0.717) is 5.92 Å². The van der Waals surface area contributed by atoms with E-state index in [1.165, 1.54) is 49.7 Å². The molecule has 0 aliphatic carbocycles. The average Bonchev–Trinajstić information content (AvgIpc) is 3.66. The molecular formula is C56H56N5S+. The lowest BCUT2D eigenvalue weighted by atomic mass is 9.91. The van der Waals surface area contributed by atoms with Gasteiger partial charge in [0.1, 0.15) is 18.4 Å². The quantitative estimate of drug-likeness (QED) is 0.0806. The van der Waals surface area contributed by atoms with E-state index in [4.69, 9.17) is 4.98 Å². The third-order valence-corrected chi connectivity index (χ3v) is 13.0. The monoisotopic (exact) mass is 830 g/mol. The van der Waals surface area contributed by atoms with Gasteiger partial charge in [-0.05, 0) is 108 Å². The van der Waals surface area contributed by atoms with Gasteiger partial charge in [0.25, 0.3) is 0 Å². The highest BCUT2D eigenvalue weighted by atomic mass is 32.2. The molecule has 0 fully saturated rings.